The van der Waals surface area contributed by atoms with Gasteiger partial charge >= 0.3 is 87.0 Å². The van der Waals surface area contributed by atoms with Crippen LogP contribution < -0.4 is 4.46 Å². The molecule has 0 saturated heterocycles. The van der Waals surface area contributed by atoms with Gasteiger partial charge in [-0.25, -0.2) is 0 Å². The van der Waals surface area contributed by atoms with E-state index in [2.05, 4.69) is 50.8 Å². The maximum absolute atomic E-state index is 4.04. The monoisotopic (exact) mass is 240 g/mol. The van der Waals surface area contributed by atoms with Crippen LogP contribution in [0.4, 0.5) is 0 Å². The summed E-state index contributed by atoms with van der Waals surface area (Å²) in [6.07, 6.45) is 1.21. The fourth-order valence-electron chi connectivity index (χ4n) is 1.20. The van der Waals surface area contributed by atoms with Gasteiger partial charge in [0.2, 0.25) is 0 Å². The van der Waals surface area contributed by atoms with Crippen molar-refractivity contribution >= 4 is 19.4 Å². The van der Waals surface area contributed by atoms with E-state index in [0.717, 1.165) is 0 Å². The van der Waals surface area contributed by atoms with Gasteiger partial charge in [-0.1, -0.05) is 0 Å². The first-order valence-corrected chi connectivity index (χ1v) is 6.45. The molecule has 0 N–H and O–H groups in total. The van der Waals surface area contributed by atoms with Crippen molar-refractivity contribution in [1.82, 2.24) is 0 Å². The Hall–Kier alpha value is -0.521. The molecule has 1 heteroatoms. The van der Waals surface area contributed by atoms with Crippen molar-refractivity contribution in [2.24, 2.45) is 0 Å². The van der Waals surface area contributed by atoms with Crippen molar-refractivity contribution in [2.75, 3.05) is 0 Å². The van der Waals surface area contributed by atoms with Gasteiger partial charge in [0.05, 0.1) is 0 Å². The molecule has 0 bridgehead atoms. The summed E-state index contributed by atoms with van der Waals surface area (Å²) in [7, 11) is 0. The molecule has 1 unspecified atom stereocenters. The van der Waals surface area contributed by atoms with E-state index in [0.29, 0.717) is 19.8 Å². The normalized spacial score (nSPS) is 12.5. The van der Waals surface area contributed by atoms with Crippen LogP contribution in [0.3, 0.4) is 0 Å². The van der Waals surface area contributed by atoms with Gasteiger partial charge in [0.25, 0.3) is 0 Å². The van der Waals surface area contributed by atoms with E-state index >= 15 is 0 Å². The second-order valence-electron chi connectivity index (χ2n) is 3.17. The first-order chi connectivity index (χ1) is 6.24. The van der Waals surface area contributed by atoms with Gasteiger partial charge in [-0.05, 0) is 0 Å². The van der Waals surface area contributed by atoms with Crippen molar-refractivity contribution < 1.29 is 0 Å². The summed E-state index contributed by atoms with van der Waals surface area (Å²) >= 11 is 0.557. The zero-order chi connectivity index (χ0) is 9.68. The Morgan fingerprint density at radius 3 is 2.46 bits per heavy atom. The minimum atomic E-state index is 0.557. The third kappa shape index (κ3) is 3.38. The molecule has 0 aliphatic heterocycles. The molecule has 0 aliphatic rings. The first-order valence-electron chi connectivity index (χ1n) is 4.61. The summed E-state index contributed by atoms with van der Waals surface area (Å²) in [5, 5.41) is 0. The van der Waals surface area contributed by atoms with Gasteiger partial charge < -0.3 is 0 Å². The van der Waals surface area contributed by atoms with Crippen molar-refractivity contribution in [3.05, 3.63) is 42.5 Å². The van der Waals surface area contributed by atoms with Gasteiger partial charge in [0, 0.05) is 0 Å². The molecule has 1 aromatic carbocycles. The molecule has 0 fully saturated rings. The summed E-state index contributed by atoms with van der Waals surface area (Å²) in [6, 6.07) is 10.7. The van der Waals surface area contributed by atoms with Crippen LogP contribution in [0.15, 0.2) is 42.5 Å². The number of hydrogen-bond acceptors (Lipinski definition) is 0. The van der Waals surface area contributed by atoms with Gasteiger partial charge in [0.15, 0.2) is 0 Å². The molecule has 0 aromatic heterocycles. The average Bonchev–Trinajstić information content (AvgIpc) is 2.15. The molecule has 0 nitrogen and oxygen atoms in total. The summed E-state index contributed by atoms with van der Waals surface area (Å²) in [6.45, 7) is 8.42. The molecule has 1 aromatic rings. The van der Waals surface area contributed by atoms with Crippen LogP contribution in [0.2, 0.25) is 4.82 Å². The van der Waals surface area contributed by atoms with E-state index < -0.39 is 0 Å². The van der Waals surface area contributed by atoms with Crippen molar-refractivity contribution in [3.8, 4) is 0 Å². The summed E-state index contributed by atoms with van der Waals surface area (Å²) in [5.41, 5.74) is 1.33. The third-order valence-electron chi connectivity index (χ3n) is 1.94. The third-order valence-corrected chi connectivity index (χ3v) is 5.22. The molecule has 0 aliphatic carbocycles. The van der Waals surface area contributed by atoms with Crippen molar-refractivity contribution in [1.29, 1.82) is 0 Å². The number of rotatable bonds is 4. The molecule has 0 saturated carbocycles. The summed E-state index contributed by atoms with van der Waals surface area (Å²) in [4.78, 5) is 0.704. The number of allylic oxidation sites excluding steroid dienone is 1. The van der Waals surface area contributed by atoms with Gasteiger partial charge in [-0.15, -0.1) is 0 Å². The standard InChI is InChI=1S/C12H16Se/c1-4-12(10(2)3)13-11-8-6-5-7-9-11/h5-9,12H,2,4H2,1,3H3. The zero-order valence-corrected chi connectivity index (χ0v) is 10.00. The van der Waals surface area contributed by atoms with Crippen molar-refractivity contribution in [3.63, 3.8) is 0 Å². The van der Waals surface area contributed by atoms with Crippen molar-refractivity contribution in [2.45, 2.75) is 25.1 Å². The second kappa shape index (κ2) is 5.26. The van der Waals surface area contributed by atoms with Gasteiger partial charge in [0.1, 0.15) is 0 Å². The van der Waals surface area contributed by atoms with Gasteiger partial charge in [-0.2, -0.15) is 0 Å². The Labute approximate surface area is 87.2 Å². The molecule has 1 rings (SSSR count). The molecule has 0 heterocycles. The Bertz CT molecular complexity index is 264. The average molecular weight is 239 g/mol. The van der Waals surface area contributed by atoms with E-state index in [9.17, 15) is 0 Å². The van der Waals surface area contributed by atoms with E-state index in [-0.39, 0.29) is 0 Å². The molecule has 0 radical (unpaired) electrons. The fourth-order valence-corrected chi connectivity index (χ4v) is 3.32. The van der Waals surface area contributed by atoms with Crippen LogP contribution >= 0.6 is 0 Å². The molecule has 70 valence electrons. The Balaban J connectivity index is 2.62. The Morgan fingerprint density at radius 1 is 1.38 bits per heavy atom. The van der Waals surface area contributed by atoms with Crippen LogP contribution in [0.1, 0.15) is 20.3 Å². The Morgan fingerprint density at radius 2 is 2.00 bits per heavy atom. The zero-order valence-electron chi connectivity index (χ0n) is 8.29. The molecular formula is C12H16Se. The molecule has 0 spiro atoms. The predicted molar refractivity (Wildman–Crippen MR) is 60.7 cm³/mol. The van der Waals surface area contributed by atoms with Crippen LogP contribution in [0.25, 0.3) is 0 Å². The van der Waals surface area contributed by atoms with E-state index in [1.807, 2.05) is 0 Å². The minimum absolute atomic E-state index is 0.557. The van der Waals surface area contributed by atoms with Crippen LogP contribution in [-0.2, 0) is 0 Å². The SMILES string of the molecule is C=C(C)C(CC)[Se]c1ccccc1. The first kappa shape index (κ1) is 10.6. The van der Waals surface area contributed by atoms with E-state index in [4.69, 9.17) is 0 Å². The van der Waals surface area contributed by atoms with Crippen LogP contribution in [-0.4, -0.2) is 15.0 Å². The second-order valence-corrected chi connectivity index (χ2v) is 5.85. The number of hydrogen-bond donors (Lipinski definition) is 0. The van der Waals surface area contributed by atoms with E-state index in [1.165, 1.54) is 16.5 Å². The van der Waals surface area contributed by atoms with Crippen LogP contribution in [0, 0.1) is 0 Å². The molecule has 0 amide bonds. The van der Waals surface area contributed by atoms with Gasteiger partial charge in [-0.3, -0.25) is 0 Å². The molecule has 13 heavy (non-hydrogen) atoms. The molecule has 1 atom stereocenters. The number of benzene rings is 1. The predicted octanol–water partition coefficient (Wildman–Crippen LogP) is 2.79. The summed E-state index contributed by atoms with van der Waals surface area (Å²) in [5.74, 6) is 0. The van der Waals surface area contributed by atoms with Crippen LogP contribution in [0.5, 0.6) is 0 Å². The maximum atomic E-state index is 4.04. The summed E-state index contributed by atoms with van der Waals surface area (Å²) < 4.78 is 1.48. The Kier molecular flexibility index (Phi) is 4.27. The molecular weight excluding hydrogens is 223 g/mol. The fraction of sp³-hybridized carbons (Fsp3) is 0.333. The van der Waals surface area contributed by atoms with E-state index in [1.54, 1.807) is 0 Å². The topological polar surface area (TPSA) is 0 Å². The quantitative estimate of drug-likeness (QED) is 0.560.